The molecule has 0 aliphatic heterocycles. The van der Waals surface area contributed by atoms with Crippen LogP contribution in [0.2, 0.25) is 0 Å². The number of carbonyl (C=O) groups is 1. The Labute approximate surface area is 148 Å². The van der Waals surface area contributed by atoms with Crippen molar-refractivity contribution in [2.75, 3.05) is 13.3 Å². The van der Waals surface area contributed by atoms with E-state index in [0.29, 0.717) is 5.56 Å². The Morgan fingerprint density at radius 1 is 0.760 bits per heavy atom. The van der Waals surface area contributed by atoms with Crippen LogP contribution in [0.15, 0.2) is 72.8 Å². The third-order valence-corrected chi connectivity index (χ3v) is 5.55. The van der Waals surface area contributed by atoms with E-state index in [2.05, 4.69) is 12.1 Å². The van der Waals surface area contributed by atoms with Crippen LogP contribution in [0.5, 0.6) is 0 Å². The van der Waals surface area contributed by atoms with Crippen LogP contribution in [0, 0.1) is 6.92 Å². The van der Waals surface area contributed by atoms with Crippen molar-refractivity contribution in [2.24, 2.45) is 0 Å². The Balaban J connectivity index is 2.30. The minimum Gasteiger partial charge on any atom is -0.316 e. The number of rotatable bonds is 4. The van der Waals surface area contributed by atoms with Crippen LogP contribution < -0.4 is 0 Å². The lowest BCUT2D eigenvalue weighted by Gasteiger charge is -2.17. The van der Waals surface area contributed by atoms with Crippen molar-refractivity contribution in [3.8, 4) is 22.3 Å². The van der Waals surface area contributed by atoms with E-state index < -0.39 is 7.14 Å². The molecule has 0 unspecified atom stereocenters. The lowest BCUT2D eigenvalue weighted by molar-refractivity contribution is 0.107. The largest absolute Gasteiger partial charge is 0.316 e. The topological polar surface area (TPSA) is 34.1 Å². The van der Waals surface area contributed by atoms with Crippen molar-refractivity contribution in [2.45, 2.75) is 6.92 Å². The zero-order chi connectivity index (χ0) is 18.0. The van der Waals surface area contributed by atoms with Crippen molar-refractivity contribution < 1.29 is 9.36 Å². The van der Waals surface area contributed by atoms with E-state index in [1.165, 1.54) is 13.3 Å². The van der Waals surface area contributed by atoms with Crippen molar-refractivity contribution >= 4 is 12.7 Å². The fourth-order valence-electron chi connectivity index (χ4n) is 3.07. The van der Waals surface area contributed by atoms with E-state index in [-0.39, 0.29) is 5.52 Å². The van der Waals surface area contributed by atoms with Gasteiger partial charge in [-0.1, -0.05) is 66.7 Å². The summed E-state index contributed by atoms with van der Waals surface area (Å²) in [5.41, 5.74) is 5.40. The van der Waals surface area contributed by atoms with Crippen LogP contribution in [0.25, 0.3) is 22.3 Å². The van der Waals surface area contributed by atoms with Gasteiger partial charge in [-0.3, -0.25) is 4.79 Å². The molecule has 0 aliphatic carbocycles. The normalized spacial score (nSPS) is 11.3. The van der Waals surface area contributed by atoms with Gasteiger partial charge in [0.2, 0.25) is 5.52 Å². The van der Waals surface area contributed by atoms with Crippen molar-refractivity contribution in [1.82, 2.24) is 0 Å². The summed E-state index contributed by atoms with van der Waals surface area (Å²) in [6, 6.07) is 23.9. The van der Waals surface area contributed by atoms with Gasteiger partial charge in [-0.05, 0) is 54.1 Å². The Morgan fingerprint density at radius 2 is 1.28 bits per heavy atom. The van der Waals surface area contributed by atoms with Gasteiger partial charge in [0.25, 0.3) is 0 Å². The van der Waals surface area contributed by atoms with Gasteiger partial charge in [-0.2, -0.15) is 0 Å². The van der Waals surface area contributed by atoms with E-state index >= 15 is 0 Å². The molecule has 3 heteroatoms. The van der Waals surface area contributed by atoms with Gasteiger partial charge < -0.3 is 4.57 Å². The standard InChI is InChI=1S/C22H21O2P/c1-16-19(22(23)25(2,3)24)14-15-20(17-10-6-4-7-11-17)21(16)18-12-8-5-9-13-18/h4-15H,1-3H3. The van der Waals surface area contributed by atoms with Gasteiger partial charge in [-0.15, -0.1) is 0 Å². The second kappa shape index (κ2) is 6.82. The SMILES string of the molecule is Cc1c(C(=O)P(C)(C)=O)ccc(-c2ccccc2)c1-c1ccccc1. The smallest absolute Gasteiger partial charge is 0.221 e. The molecule has 25 heavy (non-hydrogen) atoms. The van der Waals surface area contributed by atoms with Crippen molar-refractivity contribution in [3.63, 3.8) is 0 Å². The second-order valence-corrected chi connectivity index (χ2v) is 9.66. The molecule has 0 bridgehead atoms. The van der Waals surface area contributed by atoms with Crippen LogP contribution in [-0.4, -0.2) is 18.9 Å². The third-order valence-electron chi connectivity index (χ3n) is 4.33. The summed E-state index contributed by atoms with van der Waals surface area (Å²) in [6.45, 7) is 5.00. The van der Waals surface area contributed by atoms with Gasteiger partial charge >= 0.3 is 0 Å². The van der Waals surface area contributed by atoms with Gasteiger partial charge in [0.1, 0.15) is 7.14 Å². The molecule has 3 rings (SSSR count). The summed E-state index contributed by atoms with van der Waals surface area (Å²) in [4.78, 5) is 12.7. The van der Waals surface area contributed by atoms with Crippen LogP contribution in [-0.2, 0) is 4.57 Å². The minimum absolute atomic E-state index is 0.262. The molecule has 3 aromatic rings. The average Bonchev–Trinajstić information content (AvgIpc) is 2.61. The molecular formula is C22H21O2P. The first-order valence-electron chi connectivity index (χ1n) is 8.24. The molecule has 2 nitrogen and oxygen atoms in total. The maximum absolute atomic E-state index is 12.7. The number of hydrogen-bond donors (Lipinski definition) is 0. The number of benzene rings is 3. The predicted molar refractivity (Wildman–Crippen MR) is 106 cm³/mol. The Morgan fingerprint density at radius 3 is 1.80 bits per heavy atom. The first-order chi connectivity index (χ1) is 11.9. The third kappa shape index (κ3) is 3.50. The lowest BCUT2D eigenvalue weighted by atomic mass is 9.88. The van der Waals surface area contributed by atoms with Gasteiger partial charge in [0, 0.05) is 5.56 Å². The maximum Gasteiger partial charge on any atom is 0.221 e. The van der Waals surface area contributed by atoms with E-state index in [9.17, 15) is 9.36 Å². The monoisotopic (exact) mass is 348 g/mol. The molecule has 0 fully saturated rings. The molecule has 0 amide bonds. The van der Waals surface area contributed by atoms with E-state index in [4.69, 9.17) is 0 Å². The van der Waals surface area contributed by atoms with E-state index in [1.54, 1.807) is 0 Å². The fourth-order valence-corrected chi connectivity index (χ4v) is 3.89. The maximum atomic E-state index is 12.7. The first-order valence-corrected chi connectivity index (χ1v) is 10.8. The van der Waals surface area contributed by atoms with Gasteiger partial charge in [0.15, 0.2) is 0 Å². The molecule has 126 valence electrons. The van der Waals surface area contributed by atoms with Crippen LogP contribution in [0.3, 0.4) is 0 Å². The Hall–Kier alpha value is -2.44. The van der Waals surface area contributed by atoms with Crippen LogP contribution >= 0.6 is 7.14 Å². The summed E-state index contributed by atoms with van der Waals surface area (Å²) in [5, 5.41) is 0. The molecule has 3 aromatic carbocycles. The quantitative estimate of drug-likeness (QED) is 0.535. The van der Waals surface area contributed by atoms with E-state index in [0.717, 1.165) is 27.8 Å². The summed E-state index contributed by atoms with van der Waals surface area (Å²) in [7, 11) is -2.84. The molecular weight excluding hydrogens is 327 g/mol. The van der Waals surface area contributed by atoms with Gasteiger partial charge in [0.05, 0.1) is 0 Å². The Kier molecular flexibility index (Phi) is 4.74. The second-order valence-electron chi connectivity index (χ2n) is 6.55. The Bertz CT molecular complexity index is 954. The van der Waals surface area contributed by atoms with Crippen LogP contribution in [0.4, 0.5) is 0 Å². The highest BCUT2D eigenvalue weighted by atomic mass is 31.2. The summed E-state index contributed by atoms with van der Waals surface area (Å²) < 4.78 is 12.3. The molecule has 0 heterocycles. The molecule has 0 saturated heterocycles. The zero-order valence-corrected chi connectivity index (χ0v) is 15.6. The fraction of sp³-hybridized carbons (Fsp3) is 0.136. The number of carbonyl (C=O) groups excluding carboxylic acids is 1. The van der Waals surface area contributed by atoms with Crippen LogP contribution in [0.1, 0.15) is 15.9 Å². The highest BCUT2D eigenvalue weighted by Gasteiger charge is 2.25. The minimum atomic E-state index is -2.84. The molecule has 0 aliphatic rings. The first kappa shape index (κ1) is 17.4. The molecule has 0 atom stereocenters. The summed E-state index contributed by atoms with van der Waals surface area (Å²) in [5.74, 6) is 0. The molecule has 0 aromatic heterocycles. The highest BCUT2D eigenvalue weighted by molar-refractivity contribution is 7.79. The summed E-state index contributed by atoms with van der Waals surface area (Å²) >= 11 is 0. The van der Waals surface area contributed by atoms with Crippen molar-refractivity contribution in [1.29, 1.82) is 0 Å². The summed E-state index contributed by atoms with van der Waals surface area (Å²) in [6.07, 6.45) is 0. The highest BCUT2D eigenvalue weighted by Crippen LogP contribution is 2.44. The average molecular weight is 348 g/mol. The molecule has 0 spiro atoms. The molecule has 0 saturated carbocycles. The predicted octanol–water partition coefficient (Wildman–Crippen LogP) is 6.09. The van der Waals surface area contributed by atoms with E-state index in [1.807, 2.05) is 67.6 Å². The van der Waals surface area contributed by atoms with Crippen molar-refractivity contribution in [3.05, 3.63) is 83.9 Å². The van der Waals surface area contributed by atoms with Gasteiger partial charge in [-0.25, -0.2) is 0 Å². The lowest BCUT2D eigenvalue weighted by Crippen LogP contribution is -2.04. The zero-order valence-electron chi connectivity index (χ0n) is 14.7. The molecule has 0 N–H and O–H groups in total. The number of hydrogen-bond acceptors (Lipinski definition) is 2. The molecule has 0 radical (unpaired) electrons.